The van der Waals surface area contributed by atoms with Gasteiger partial charge in [-0.05, 0) is 56.6 Å². The van der Waals surface area contributed by atoms with Crippen LogP contribution in [0.1, 0.15) is 35.6 Å². The van der Waals surface area contributed by atoms with Crippen molar-refractivity contribution in [3.8, 4) is 11.4 Å². The van der Waals surface area contributed by atoms with Crippen LogP contribution in [0.25, 0.3) is 5.69 Å². The smallest absolute Gasteiger partial charge is 0.159 e. The van der Waals surface area contributed by atoms with Crippen LogP contribution in [0, 0.1) is 6.92 Å². The number of nitrogens with two attached hydrogens (primary N) is 1. The van der Waals surface area contributed by atoms with Crippen molar-refractivity contribution in [3.63, 3.8) is 0 Å². The van der Waals surface area contributed by atoms with Gasteiger partial charge in [0.2, 0.25) is 0 Å². The minimum atomic E-state index is 0.459. The molecular weight excluding hydrogens is 374 g/mol. The molecule has 6 nitrogen and oxygen atoms in total. The second kappa shape index (κ2) is 8.12. The van der Waals surface area contributed by atoms with Crippen LogP contribution >= 0.6 is 11.6 Å². The van der Waals surface area contributed by atoms with Crippen LogP contribution in [-0.2, 0) is 6.54 Å². The van der Waals surface area contributed by atoms with Crippen molar-refractivity contribution in [2.45, 2.75) is 26.3 Å². The lowest BCUT2D eigenvalue weighted by molar-refractivity contribution is 0.308. The Hall–Kier alpha value is -2.70. The molecule has 1 aromatic heterocycles. The normalized spacial score (nSPS) is 12.8. The third kappa shape index (κ3) is 3.66. The summed E-state index contributed by atoms with van der Waals surface area (Å²) in [4.78, 5) is 4.85. The minimum Gasteiger partial charge on any atom is -0.494 e. The summed E-state index contributed by atoms with van der Waals surface area (Å²) < 4.78 is 8.00. The van der Waals surface area contributed by atoms with Crippen molar-refractivity contribution in [1.29, 1.82) is 0 Å². The van der Waals surface area contributed by atoms with Gasteiger partial charge in [-0.25, -0.2) is 0 Å². The van der Waals surface area contributed by atoms with Gasteiger partial charge in [0.05, 0.1) is 18.0 Å². The highest BCUT2D eigenvalue weighted by Gasteiger charge is 2.22. The van der Waals surface area contributed by atoms with Crippen molar-refractivity contribution in [1.82, 2.24) is 14.8 Å². The first-order valence-corrected chi connectivity index (χ1v) is 9.74. The van der Waals surface area contributed by atoms with E-state index in [2.05, 4.69) is 14.8 Å². The molecule has 1 aliphatic heterocycles. The number of unbranched alkanes of at least 4 members (excludes halogenated alkanes) is 1. The van der Waals surface area contributed by atoms with Crippen LogP contribution in [0.15, 0.2) is 47.5 Å². The fraction of sp³-hybridized carbons (Fsp3) is 0.286. The number of halogens is 1. The third-order valence-corrected chi connectivity index (χ3v) is 4.97. The first kappa shape index (κ1) is 18.7. The predicted molar refractivity (Wildman–Crippen MR) is 111 cm³/mol. The summed E-state index contributed by atoms with van der Waals surface area (Å²) in [7, 11) is 0. The van der Waals surface area contributed by atoms with E-state index in [0.717, 1.165) is 52.8 Å². The van der Waals surface area contributed by atoms with E-state index in [0.29, 0.717) is 24.7 Å². The van der Waals surface area contributed by atoms with Gasteiger partial charge in [0.25, 0.3) is 0 Å². The van der Waals surface area contributed by atoms with Crippen molar-refractivity contribution in [2.24, 2.45) is 10.7 Å². The van der Waals surface area contributed by atoms with Crippen molar-refractivity contribution in [3.05, 3.63) is 70.3 Å². The molecule has 1 aliphatic rings. The van der Waals surface area contributed by atoms with E-state index in [9.17, 15) is 0 Å². The molecule has 3 aromatic rings. The third-order valence-electron chi connectivity index (χ3n) is 4.72. The van der Waals surface area contributed by atoms with E-state index < -0.39 is 0 Å². The van der Waals surface area contributed by atoms with Crippen LogP contribution in [0.2, 0.25) is 5.02 Å². The molecule has 0 unspecified atom stereocenters. The Kier molecular flexibility index (Phi) is 5.41. The Morgan fingerprint density at radius 2 is 1.93 bits per heavy atom. The number of ether oxygens (including phenoxy) is 1. The number of benzene rings is 2. The molecule has 0 amide bonds. The zero-order valence-electron chi connectivity index (χ0n) is 15.7. The molecule has 7 heteroatoms. The molecule has 2 N–H and O–H groups in total. The van der Waals surface area contributed by atoms with Gasteiger partial charge in [-0.1, -0.05) is 23.7 Å². The van der Waals surface area contributed by atoms with Crippen molar-refractivity contribution >= 4 is 17.3 Å². The summed E-state index contributed by atoms with van der Waals surface area (Å²) >= 11 is 6.08. The van der Waals surface area contributed by atoms with Gasteiger partial charge >= 0.3 is 0 Å². The molecule has 28 heavy (non-hydrogen) atoms. The Morgan fingerprint density at radius 3 is 2.71 bits per heavy atom. The molecule has 0 saturated heterocycles. The summed E-state index contributed by atoms with van der Waals surface area (Å²) in [6.45, 7) is 3.72. The van der Waals surface area contributed by atoms with Crippen LogP contribution in [0.4, 0.5) is 0 Å². The maximum atomic E-state index is 6.08. The summed E-state index contributed by atoms with van der Waals surface area (Å²) in [5.41, 5.74) is 9.44. The number of aromatic nitrogens is 3. The molecule has 0 bridgehead atoms. The number of aryl methyl sites for hydroxylation is 1. The molecule has 0 aliphatic carbocycles. The van der Waals surface area contributed by atoms with Gasteiger partial charge in [0.15, 0.2) is 5.82 Å². The van der Waals surface area contributed by atoms with E-state index in [1.54, 1.807) is 0 Å². The van der Waals surface area contributed by atoms with Crippen LogP contribution in [0.3, 0.4) is 0 Å². The predicted octanol–water partition coefficient (Wildman–Crippen LogP) is 3.70. The highest BCUT2D eigenvalue weighted by atomic mass is 35.5. The number of fused-ring (bicyclic) bond motifs is 3. The Labute approximate surface area is 169 Å². The monoisotopic (exact) mass is 395 g/mol. The molecular formula is C21H22ClN5O. The lowest BCUT2D eigenvalue weighted by atomic mass is 10.00. The second-order valence-corrected chi connectivity index (χ2v) is 7.13. The van der Waals surface area contributed by atoms with Gasteiger partial charge in [0, 0.05) is 16.1 Å². The van der Waals surface area contributed by atoms with E-state index in [-0.39, 0.29) is 0 Å². The van der Waals surface area contributed by atoms with Crippen molar-refractivity contribution in [2.75, 3.05) is 13.2 Å². The van der Waals surface area contributed by atoms with E-state index in [1.807, 2.05) is 49.4 Å². The summed E-state index contributed by atoms with van der Waals surface area (Å²) in [5, 5.41) is 9.21. The highest BCUT2D eigenvalue weighted by molar-refractivity contribution is 6.30. The number of aliphatic imine (C=N–C) groups is 1. The average molecular weight is 396 g/mol. The first-order valence-electron chi connectivity index (χ1n) is 9.36. The van der Waals surface area contributed by atoms with Crippen LogP contribution in [0.5, 0.6) is 5.75 Å². The largest absolute Gasteiger partial charge is 0.494 e. The quantitative estimate of drug-likeness (QED) is 0.645. The Bertz CT molecular complexity index is 1010. The highest BCUT2D eigenvalue weighted by Crippen LogP contribution is 2.29. The maximum absolute atomic E-state index is 6.08. The molecule has 0 spiro atoms. The Morgan fingerprint density at radius 1 is 1.11 bits per heavy atom. The number of hydrogen-bond acceptors (Lipinski definition) is 5. The lowest BCUT2D eigenvalue weighted by Gasteiger charge is -2.15. The van der Waals surface area contributed by atoms with Gasteiger partial charge in [-0.3, -0.25) is 9.56 Å². The average Bonchev–Trinajstić information content (AvgIpc) is 2.98. The Balaban J connectivity index is 1.78. The number of rotatable bonds is 6. The zero-order valence-corrected chi connectivity index (χ0v) is 16.5. The molecule has 0 radical (unpaired) electrons. The lowest BCUT2D eigenvalue weighted by Crippen LogP contribution is -2.09. The summed E-state index contributed by atoms with van der Waals surface area (Å²) in [6.07, 6.45) is 1.88. The number of hydrogen-bond donors (Lipinski definition) is 1. The SMILES string of the molecule is Cc1nnc2n1-c1ccc(OCCCCN)cc1C(c1ccc(Cl)cc1)=NC2. The van der Waals surface area contributed by atoms with Crippen molar-refractivity contribution < 1.29 is 4.74 Å². The van der Waals surface area contributed by atoms with Crippen LogP contribution < -0.4 is 10.5 Å². The first-order chi connectivity index (χ1) is 13.7. The van der Waals surface area contributed by atoms with Gasteiger partial charge in [-0.15, -0.1) is 10.2 Å². The summed E-state index contributed by atoms with van der Waals surface area (Å²) in [5.74, 6) is 2.46. The summed E-state index contributed by atoms with van der Waals surface area (Å²) in [6, 6.07) is 13.8. The standard InChI is InChI=1S/C21H22ClN5O/c1-14-25-26-20-13-24-21(15-4-6-16(22)7-5-15)18-12-17(28-11-3-2-10-23)8-9-19(18)27(14)20/h4-9,12H,2-3,10-11,13,23H2,1H3. The molecule has 0 atom stereocenters. The van der Waals surface area contributed by atoms with E-state index in [4.69, 9.17) is 27.1 Å². The second-order valence-electron chi connectivity index (χ2n) is 6.69. The zero-order chi connectivity index (χ0) is 19.5. The fourth-order valence-electron chi connectivity index (χ4n) is 3.34. The van der Waals surface area contributed by atoms with Crippen LogP contribution in [-0.4, -0.2) is 33.6 Å². The maximum Gasteiger partial charge on any atom is 0.159 e. The molecule has 144 valence electrons. The molecule has 2 heterocycles. The fourth-order valence-corrected chi connectivity index (χ4v) is 3.46. The van der Waals surface area contributed by atoms with Gasteiger partial charge < -0.3 is 10.5 Å². The number of nitrogens with zero attached hydrogens (tertiary/aromatic N) is 4. The molecule has 4 rings (SSSR count). The van der Waals surface area contributed by atoms with E-state index in [1.165, 1.54) is 0 Å². The van der Waals surface area contributed by atoms with Gasteiger partial charge in [0.1, 0.15) is 18.1 Å². The topological polar surface area (TPSA) is 78.3 Å². The molecule has 0 fully saturated rings. The molecule has 0 saturated carbocycles. The van der Waals surface area contributed by atoms with Gasteiger partial charge in [-0.2, -0.15) is 0 Å². The minimum absolute atomic E-state index is 0.459. The van der Waals surface area contributed by atoms with E-state index >= 15 is 0 Å². The molecule has 2 aromatic carbocycles.